The fourth-order valence-electron chi connectivity index (χ4n) is 1.51. The van der Waals surface area contributed by atoms with E-state index in [1.54, 1.807) is 6.33 Å². The van der Waals surface area contributed by atoms with Gasteiger partial charge in [-0.2, -0.15) is 0 Å². The number of hydrogen-bond donors (Lipinski definition) is 1. The van der Waals surface area contributed by atoms with Gasteiger partial charge in [-0.3, -0.25) is 0 Å². The normalized spacial score (nSPS) is 10.7. The van der Waals surface area contributed by atoms with Crippen LogP contribution in [0.25, 0.3) is 0 Å². The molecule has 0 aliphatic carbocycles. The molecule has 1 aromatic carbocycles. The molecule has 0 aliphatic rings. The molecule has 0 spiro atoms. The number of hydrogen-bond acceptors (Lipinski definition) is 2. The topological polar surface area (TPSA) is 43.8 Å². The van der Waals surface area contributed by atoms with E-state index < -0.39 is 0 Å². The first-order chi connectivity index (χ1) is 7.67. The van der Waals surface area contributed by atoms with E-state index in [-0.39, 0.29) is 5.82 Å². The third kappa shape index (κ3) is 2.68. The summed E-state index contributed by atoms with van der Waals surface area (Å²) in [6.07, 6.45) is 3.56. The Bertz CT molecular complexity index is 475. The summed E-state index contributed by atoms with van der Waals surface area (Å²) in [5, 5.41) is 0. The lowest BCUT2D eigenvalue weighted by Crippen LogP contribution is -1.98. The van der Waals surface area contributed by atoms with Gasteiger partial charge in [0.05, 0.1) is 12.0 Å². The molecule has 0 saturated heterocycles. The molecule has 5 heteroatoms. The van der Waals surface area contributed by atoms with Crippen molar-refractivity contribution in [2.75, 3.05) is 0 Å². The van der Waals surface area contributed by atoms with Gasteiger partial charge in [0.15, 0.2) is 0 Å². The van der Waals surface area contributed by atoms with Gasteiger partial charge in [-0.25, -0.2) is 9.37 Å². The van der Waals surface area contributed by atoms with Crippen LogP contribution in [0.2, 0.25) is 0 Å². The third-order valence-electron chi connectivity index (χ3n) is 2.18. The van der Waals surface area contributed by atoms with Crippen molar-refractivity contribution in [1.82, 2.24) is 9.55 Å². The van der Waals surface area contributed by atoms with Crippen molar-refractivity contribution in [3.05, 3.63) is 52.3 Å². The van der Waals surface area contributed by atoms with Crippen LogP contribution >= 0.6 is 15.9 Å². The van der Waals surface area contributed by atoms with Crippen molar-refractivity contribution in [2.45, 2.75) is 13.1 Å². The molecule has 0 fully saturated rings. The van der Waals surface area contributed by atoms with E-state index in [0.717, 1.165) is 15.7 Å². The molecule has 3 nitrogen and oxygen atoms in total. The number of nitrogens with two attached hydrogens (primary N) is 1. The van der Waals surface area contributed by atoms with Gasteiger partial charge in [0.25, 0.3) is 0 Å². The predicted octanol–water partition coefficient (Wildman–Crippen LogP) is 2.29. The number of imidazole rings is 1. The first-order valence-electron chi connectivity index (χ1n) is 4.83. The predicted molar refractivity (Wildman–Crippen MR) is 63.3 cm³/mol. The average molecular weight is 284 g/mol. The highest BCUT2D eigenvalue weighted by molar-refractivity contribution is 9.10. The van der Waals surface area contributed by atoms with E-state index in [2.05, 4.69) is 20.9 Å². The SMILES string of the molecule is NCc1cn(Cc2cc(F)cc(Br)c2)cn1. The number of rotatable bonds is 3. The van der Waals surface area contributed by atoms with Gasteiger partial charge in [-0.05, 0) is 23.8 Å². The summed E-state index contributed by atoms with van der Waals surface area (Å²) in [7, 11) is 0. The van der Waals surface area contributed by atoms with Crippen LogP contribution in [0.5, 0.6) is 0 Å². The van der Waals surface area contributed by atoms with Crippen molar-refractivity contribution in [3.63, 3.8) is 0 Å². The average Bonchev–Trinajstić information content (AvgIpc) is 2.64. The number of benzene rings is 1. The summed E-state index contributed by atoms with van der Waals surface area (Å²) in [5.41, 5.74) is 7.17. The van der Waals surface area contributed by atoms with Crippen LogP contribution in [0.15, 0.2) is 35.2 Å². The number of nitrogens with zero attached hydrogens (tertiary/aromatic N) is 2. The molecule has 2 N–H and O–H groups in total. The van der Waals surface area contributed by atoms with Gasteiger partial charge in [-0.15, -0.1) is 0 Å². The van der Waals surface area contributed by atoms with Gasteiger partial charge < -0.3 is 10.3 Å². The minimum Gasteiger partial charge on any atom is -0.333 e. The summed E-state index contributed by atoms with van der Waals surface area (Å²) in [4.78, 5) is 4.11. The highest BCUT2D eigenvalue weighted by Gasteiger charge is 2.01. The lowest BCUT2D eigenvalue weighted by Gasteiger charge is -2.03. The van der Waals surface area contributed by atoms with Crippen LogP contribution in [-0.2, 0) is 13.1 Å². The van der Waals surface area contributed by atoms with Gasteiger partial charge >= 0.3 is 0 Å². The van der Waals surface area contributed by atoms with E-state index in [9.17, 15) is 4.39 Å². The maximum atomic E-state index is 13.1. The Morgan fingerprint density at radius 3 is 2.81 bits per heavy atom. The Morgan fingerprint density at radius 1 is 1.38 bits per heavy atom. The van der Waals surface area contributed by atoms with Crippen molar-refractivity contribution in [2.24, 2.45) is 5.73 Å². The lowest BCUT2D eigenvalue weighted by molar-refractivity contribution is 0.622. The summed E-state index contributed by atoms with van der Waals surface area (Å²) in [5.74, 6) is -0.247. The van der Waals surface area contributed by atoms with Crippen molar-refractivity contribution in [1.29, 1.82) is 0 Å². The van der Waals surface area contributed by atoms with Crippen LogP contribution in [0.3, 0.4) is 0 Å². The Labute approximate surface area is 101 Å². The minimum atomic E-state index is -0.247. The molecule has 0 amide bonds. The zero-order valence-corrected chi connectivity index (χ0v) is 10.1. The zero-order chi connectivity index (χ0) is 11.5. The Morgan fingerprint density at radius 2 is 2.19 bits per heavy atom. The fourth-order valence-corrected chi connectivity index (χ4v) is 2.02. The molecule has 0 saturated carbocycles. The smallest absolute Gasteiger partial charge is 0.124 e. The third-order valence-corrected chi connectivity index (χ3v) is 2.64. The highest BCUT2D eigenvalue weighted by Crippen LogP contribution is 2.15. The maximum Gasteiger partial charge on any atom is 0.124 e. The van der Waals surface area contributed by atoms with E-state index in [4.69, 9.17) is 5.73 Å². The molecule has 0 atom stereocenters. The summed E-state index contributed by atoms with van der Waals surface area (Å²) in [6.45, 7) is 1.00. The first-order valence-corrected chi connectivity index (χ1v) is 5.62. The molecular formula is C11H11BrFN3. The molecule has 0 aliphatic heterocycles. The lowest BCUT2D eigenvalue weighted by atomic mass is 10.2. The van der Waals surface area contributed by atoms with Gasteiger partial charge in [-0.1, -0.05) is 15.9 Å². The second kappa shape index (κ2) is 4.76. The highest BCUT2D eigenvalue weighted by atomic mass is 79.9. The van der Waals surface area contributed by atoms with E-state index >= 15 is 0 Å². The maximum absolute atomic E-state index is 13.1. The molecule has 2 aromatic rings. The van der Waals surface area contributed by atoms with Crippen LogP contribution in [0.4, 0.5) is 4.39 Å². The molecule has 2 rings (SSSR count). The number of aromatic nitrogens is 2. The zero-order valence-electron chi connectivity index (χ0n) is 8.53. The molecule has 84 valence electrons. The van der Waals surface area contributed by atoms with Crippen molar-refractivity contribution < 1.29 is 4.39 Å². The first kappa shape index (κ1) is 11.3. The van der Waals surface area contributed by atoms with Crippen molar-refractivity contribution in [3.8, 4) is 0 Å². The molecule has 0 unspecified atom stereocenters. The van der Waals surface area contributed by atoms with Crippen LogP contribution in [-0.4, -0.2) is 9.55 Å². The second-order valence-electron chi connectivity index (χ2n) is 3.52. The molecule has 1 aromatic heterocycles. The van der Waals surface area contributed by atoms with Gasteiger partial charge in [0.2, 0.25) is 0 Å². The fraction of sp³-hybridized carbons (Fsp3) is 0.182. The standard InChI is InChI=1S/C11H11BrFN3/c12-9-1-8(2-10(13)3-9)5-16-6-11(4-14)15-7-16/h1-3,6-7H,4-5,14H2. The largest absolute Gasteiger partial charge is 0.333 e. The van der Waals surface area contributed by atoms with Gasteiger partial charge in [0.1, 0.15) is 5.82 Å². The minimum absolute atomic E-state index is 0.247. The summed E-state index contributed by atoms with van der Waals surface area (Å²) < 4.78 is 15.7. The summed E-state index contributed by atoms with van der Waals surface area (Å²) >= 11 is 3.26. The second-order valence-corrected chi connectivity index (χ2v) is 4.43. The Balaban J connectivity index is 2.19. The molecular weight excluding hydrogens is 273 g/mol. The van der Waals surface area contributed by atoms with Crippen LogP contribution < -0.4 is 5.73 Å². The van der Waals surface area contributed by atoms with Gasteiger partial charge in [0, 0.05) is 23.8 Å². The Hall–Kier alpha value is -1.20. The molecule has 16 heavy (non-hydrogen) atoms. The monoisotopic (exact) mass is 283 g/mol. The van der Waals surface area contributed by atoms with E-state index in [1.807, 2.05) is 16.8 Å². The molecule has 1 heterocycles. The Kier molecular flexibility index (Phi) is 3.36. The van der Waals surface area contributed by atoms with Crippen LogP contribution in [0.1, 0.15) is 11.3 Å². The molecule has 0 radical (unpaired) electrons. The summed E-state index contributed by atoms with van der Waals surface area (Å²) in [6, 6.07) is 4.82. The quantitative estimate of drug-likeness (QED) is 0.939. The van der Waals surface area contributed by atoms with E-state index in [0.29, 0.717) is 13.1 Å². The number of halogens is 2. The molecule has 0 bridgehead atoms. The van der Waals surface area contributed by atoms with Crippen LogP contribution in [0, 0.1) is 5.82 Å². The van der Waals surface area contributed by atoms with Crippen molar-refractivity contribution >= 4 is 15.9 Å². The van der Waals surface area contributed by atoms with E-state index in [1.165, 1.54) is 12.1 Å².